The maximum atomic E-state index is 4.88. The van der Waals surface area contributed by atoms with E-state index in [1.165, 1.54) is 49.5 Å². The number of hydrogen-bond acceptors (Lipinski definition) is 2. The van der Waals surface area contributed by atoms with Crippen molar-refractivity contribution in [3.05, 3.63) is 127 Å². The van der Waals surface area contributed by atoms with Crippen LogP contribution in [0.5, 0.6) is 0 Å². The molecule has 2 heterocycles. The van der Waals surface area contributed by atoms with Gasteiger partial charge in [-0.1, -0.05) is 84.9 Å². The predicted molar refractivity (Wildman–Crippen MR) is 149 cm³/mol. The van der Waals surface area contributed by atoms with Crippen LogP contribution in [0, 0.1) is 6.92 Å². The molecule has 3 nitrogen and oxygen atoms in total. The molecule has 0 N–H and O–H groups in total. The first-order valence-corrected chi connectivity index (χ1v) is 12.2. The van der Waals surface area contributed by atoms with Crippen LogP contribution in [0.2, 0.25) is 0 Å². The summed E-state index contributed by atoms with van der Waals surface area (Å²) in [5.41, 5.74) is 8.14. The lowest BCUT2D eigenvalue weighted by Gasteiger charge is -2.19. The molecular weight excluding hydrogens is 438 g/mol. The number of aryl methyl sites for hydroxylation is 1. The predicted octanol–water partition coefficient (Wildman–Crippen LogP) is 8.37. The van der Waals surface area contributed by atoms with E-state index < -0.39 is 0 Å². The molecule has 2 aromatic heterocycles. The average molecular weight is 462 g/mol. The molecule has 0 amide bonds. The molecular formula is C33H23N3. The minimum atomic E-state index is 0.987. The average Bonchev–Trinajstić information content (AvgIpc) is 3.27. The summed E-state index contributed by atoms with van der Waals surface area (Å²) in [4.78, 5) is 9.03. The molecule has 5 aromatic carbocycles. The highest BCUT2D eigenvalue weighted by atomic mass is 15.1. The summed E-state index contributed by atoms with van der Waals surface area (Å²) in [6.07, 6.45) is 3.68. The van der Waals surface area contributed by atoms with E-state index in [0.717, 1.165) is 16.9 Å². The number of benzene rings is 5. The van der Waals surface area contributed by atoms with Crippen LogP contribution in [0.3, 0.4) is 0 Å². The Bertz CT molecular complexity index is 1820. The van der Waals surface area contributed by atoms with Crippen molar-refractivity contribution >= 4 is 32.6 Å². The lowest BCUT2D eigenvalue weighted by molar-refractivity contribution is 1.02. The Morgan fingerprint density at radius 2 is 1.06 bits per heavy atom. The van der Waals surface area contributed by atoms with Crippen molar-refractivity contribution in [3.8, 4) is 27.9 Å². The number of aromatic nitrogens is 3. The van der Waals surface area contributed by atoms with E-state index in [1.54, 1.807) is 0 Å². The number of hydrogen-bond donors (Lipinski definition) is 0. The van der Waals surface area contributed by atoms with Crippen molar-refractivity contribution in [1.29, 1.82) is 0 Å². The van der Waals surface area contributed by atoms with Crippen molar-refractivity contribution in [1.82, 2.24) is 14.5 Å². The summed E-state index contributed by atoms with van der Waals surface area (Å²) in [6.45, 7) is 2.09. The molecule has 0 aliphatic rings. The van der Waals surface area contributed by atoms with Gasteiger partial charge in [0, 0.05) is 23.2 Å². The molecule has 0 saturated carbocycles. The molecule has 36 heavy (non-hydrogen) atoms. The van der Waals surface area contributed by atoms with Gasteiger partial charge >= 0.3 is 0 Å². The van der Waals surface area contributed by atoms with Gasteiger partial charge in [0.15, 0.2) is 0 Å². The summed E-state index contributed by atoms with van der Waals surface area (Å²) in [7, 11) is 0. The zero-order valence-electron chi connectivity index (χ0n) is 19.9. The summed E-state index contributed by atoms with van der Waals surface area (Å²) in [6, 6.07) is 38.8. The Balaban J connectivity index is 1.55. The number of imidazole rings is 1. The van der Waals surface area contributed by atoms with Crippen molar-refractivity contribution in [2.24, 2.45) is 0 Å². The Morgan fingerprint density at radius 3 is 1.72 bits per heavy atom. The van der Waals surface area contributed by atoms with Crippen molar-refractivity contribution < 1.29 is 0 Å². The fraction of sp³-hybridized carbons (Fsp3) is 0.0303. The largest absolute Gasteiger partial charge is 0.295 e. The fourth-order valence-corrected chi connectivity index (χ4v) is 5.46. The number of rotatable bonds is 3. The highest BCUT2D eigenvalue weighted by Crippen LogP contribution is 2.42. The molecule has 0 bridgehead atoms. The zero-order chi connectivity index (χ0) is 24.1. The molecule has 0 unspecified atom stereocenters. The molecule has 7 aromatic rings. The molecule has 170 valence electrons. The smallest absolute Gasteiger partial charge is 0.111 e. The SMILES string of the molecule is Cc1nc2ccccc2n1-c1c2ccccc2c(-c2ccc(-c3ccncc3)cc2)c2ccccc12. The molecule has 0 aliphatic carbocycles. The van der Waals surface area contributed by atoms with Crippen LogP contribution in [0.4, 0.5) is 0 Å². The van der Waals surface area contributed by atoms with Crippen LogP contribution in [-0.4, -0.2) is 14.5 Å². The van der Waals surface area contributed by atoms with Crippen molar-refractivity contribution in [2.75, 3.05) is 0 Å². The van der Waals surface area contributed by atoms with E-state index in [0.29, 0.717) is 0 Å². The fourth-order valence-electron chi connectivity index (χ4n) is 5.46. The van der Waals surface area contributed by atoms with Gasteiger partial charge in [-0.25, -0.2) is 4.98 Å². The minimum absolute atomic E-state index is 0.987. The molecule has 0 atom stereocenters. The summed E-state index contributed by atoms with van der Waals surface area (Å²) in [5.74, 6) is 0.987. The highest BCUT2D eigenvalue weighted by molar-refractivity contribution is 6.18. The molecule has 0 saturated heterocycles. The first kappa shape index (κ1) is 20.6. The lowest BCUT2D eigenvalue weighted by Crippen LogP contribution is -2.01. The van der Waals surface area contributed by atoms with Crippen LogP contribution >= 0.6 is 0 Å². The summed E-state index contributed by atoms with van der Waals surface area (Å²) in [5, 5.41) is 4.91. The van der Waals surface area contributed by atoms with Crippen LogP contribution in [0.1, 0.15) is 5.82 Å². The second-order valence-corrected chi connectivity index (χ2v) is 9.11. The monoisotopic (exact) mass is 461 g/mol. The van der Waals surface area contributed by atoms with E-state index >= 15 is 0 Å². The van der Waals surface area contributed by atoms with Crippen molar-refractivity contribution in [3.63, 3.8) is 0 Å². The first-order valence-electron chi connectivity index (χ1n) is 12.2. The second kappa shape index (κ2) is 8.17. The Labute approximate surface area is 209 Å². The van der Waals surface area contributed by atoms with Gasteiger partial charge in [-0.05, 0) is 64.2 Å². The number of fused-ring (bicyclic) bond motifs is 3. The summed E-state index contributed by atoms with van der Waals surface area (Å²) < 4.78 is 2.32. The van der Waals surface area contributed by atoms with E-state index in [-0.39, 0.29) is 0 Å². The van der Waals surface area contributed by atoms with Gasteiger partial charge in [-0.15, -0.1) is 0 Å². The van der Waals surface area contributed by atoms with Gasteiger partial charge in [0.05, 0.1) is 16.7 Å². The maximum Gasteiger partial charge on any atom is 0.111 e. The second-order valence-electron chi connectivity index (χ2n) is 9.11. The van der Waals surface area contributed by atoms with E-state index in [9.17, 15) is 0 Å². The quantitative estimate of drug-likeness (QED) is 0.247. The Hall–Kier alpha value is -4.76. The van der Waals surface area contributed by atoms with Crippen molar-refractivity contribution in [2.45, 2.75) is 6.92 Å². The maximum absolute atomic E-state index is 4.88. The minimum Gasteiger partial charge on any atom is -0.295 e. The molecule has 0 radical (unpaired) electrons. The normalized spacial score (nSPS) is 11.5. The number of para-hydroxylation sites is 2. The zero-order valence-corrected chi connectivity index (χ0v) is 19.9. The Kier molecular flexibility index (Phi) is 4.68. The molecule has 0 spiro atoms. The van der Waals surface area contributed by atoms with Crippen LogP contribution < -0.4 is 0 Å². The molecule has 3 heteroatoms. The van der Waals surface area contributed by atoms with Crippen LogP contribution in [-0.2, 0) is 0 Å². The first-order chi connectivity index (χ1) is 17.8. The topological polar surface area (TPSA) is 30.7 Å². The molecule has 7 rings (SSSR count). The third-order valence-corrected chi connectivity index (χ3v) is 7.04. The van der Waals surface area contributed by atoms with E-state index in [2.05, 4.69) is 107 Å². The van der Waals surface area contributed by atoms with Gasteiger partial charge in [-0.2, -0.15) is 0 Å². The van der Waals surface area contributed by atoms with Crippen LogP contribution in [0.15, 0.2) is 122 Å². The molecule has 0 aliphatic heterocycles. The van der Waals surface area contributed by atoms with Gasteiger partial charge in [0.1, 0.15) is 5.82 Å². The summed E-state index contributed by atoms with van der Waals surface area (Å²) >= 11 is 0. The number of nitrogens with zero attached hydrogens (tertiary/aromatic N) is 3. The van der Waals surface area contributed by atoms with Gasteiger partial charge in [0.2, 0.25) is 0 Å². The number of pyridine rings is 1. The Morgan fingerprint density at radius 1 is 0.528 bits per heavy atom. The highest BCUT2D eigenvalue weighted by Gasteiger charge is 2.19. The van der Waals surface area contributed by atoms with Gasteiger partial charge in [-0.3, -0.25) is 9.55 Å². The van der Waals surface area contributed by atoms with Crippen LogP contribution in [0.25, 0.3) is 60.5 Å². The van der Waals surface area contributed by atoms with E-state index in [1.807, 2.05) is 30.6 Å². The van der Waals surface area contributed by atoms with Gasteiger partial charge < -0.3 is 0 Å². The molecule has 0 fully saturated rings. The third-order valence-electron chi connectivity index (χ3n) is 7.04. The van der Waals surface area contributed by atoms with E-state index in [4.69, 9.17) is 4.98 Å². The lowest BCUT2D eigenvalue weighted by atomic mass is 9.89. The third kappa shape index (κ3) is 3.14. The standard InChI is InChI=1S/C33H23N3/c1-22-35-30-12-6-7-13-31(30)36(22)33-28-10-4-2-8-26(28)32(27-9-3-5-11-29(27)33)25-16-14-23(15-17-25)24-18-20-34-21-19-24/h2-21H,1H3. The van der Waals surface area contributed by atoms with Gasteiger partial charge in [0.25, 0.3) is 0 Å².